The van der Waals surface area contributed by atoms with Crippen molar-refractivity contribution in [3.8, 4) is 0 Å². The van der Waals surface area contributed by atoms with Crippen molar-refractivity contribution in [2.45, 2.75) is 25.8 Å². The predicted octanol–water partition coefficient (Wildman–Crippen LogP) is 3.23. The van der Waals surface area contributed by atoms with E-state index in [4.69, 9.17) is 11.6 Å². The van der Waals surface area contributed by atoms with E-state index in [-0.39, 0.29) is 0 Å². The lowest BCUT2D eigenvalue weighted by molar-refractivity contribution is 0.159. The Balaban J connectivity index is 1.29. The van der Waals surface area contributed by atoms with Crippen LogP contribution in [0.3, 0.4) is 0 Å². The summed E-state index contributed by atoms with van der Waals surface area (Å²) in [7, 11) is 0. The maximum Gasteiger partial charge on any atom is 0.147 e. The summed E-state index contributed by atoms with van der Waals surface area (Å²) in [6.45, 7) is 8.55. The van der Waals surface area contributed by atoms with Gasteiger partial charge in [0.2, 0.25) is 0 Å². The molecule has 0 spiro atoms. The number of halogens is 1. The summed E-state index contributed by atoms with van der Waals surface area (Å²) < 4.78 is 0. The van der Waals surface area contributed by atoms with Crippen molar-refractivity contribution in [1.82, 2.24) is 14.9 Å². The van der Waals surface area contributed by atoms with Crippen molar-refractivity contribution in [2.24, 2.45) is 0 Å². The summed E-state index contributed by atoms with van der Waals surface area (Å²) in [4.78, 5) is 16.1. The zero-order valence-corrected chi connectivity index (χ0v) is 16.1. The lowest BCUT2D eigenvalue weighted by atomic mass is 10.0. The molecular formula is C20H26ClN5. The van der Waals surface area contributed by atoms with Gasteiger partial charge < -0.3 is 9.80 Å². The summed E-state index contributed by atoms with van der Waals surface area (Å²) in [5.74, 6) is 0.998. The van der Waals surface area contributed by atoms with E-state index in [1.165, 1.54) is 18.5 Å². The summed E-state index contributed by atoms with van der Waals surface area (Å²) in [5, 5.41) is 0.866. The number of nitrogens with zero attached hydrogens (tertiary/aromatic N) is 5. The van der Waals surface area contributed by atoms with Gasteiger partial charge in [0.15, 0.2) is 0 Å². The van der Waals surface area contributed by atoms with Gasteiger partial charge in [0.1, 0.15) is 5.82 Å². The normalized spacial score (nSPS) is 19.8. The van der Waals surface area contributed by atoms with Crippen LogP contribution in [0.5, 0.6) is 0 Å². The molecule has 0 saturated carbocycles. The molecule has 6 heteroatoms. The van der Waals surface area contributed by atoms with Crippen LogP contribution in [0.4, 0.5) is 11.5 Å². The number of piperidine rings is 1. The van der Waals surface area contributed by atoms with Gasteiger partial charge in [-0.15, -0.1) is 0 Å². The first kappa shape index (κ1) is 17.6. The number of hydrogen-bond acceptors (Lipinski definition) is 5. The van der Waals surface area contributed by atoms with Crippen LogP contribution in [0.15, 0.2) is 36.8 Å². The summed E-state index contributed by atoms with van der Waals surface area (Å²) in [6.07, 6.45) is 7.80. The van der Waals surface area contributed by atoms with Gasteiger partial charge in [-0.05, 0) is 37.5 Å². The Morgan fingerprint density at radius 2 is 1.73 bits per heavy atom. The molecule has 26 heavy (non-hydrogen) atoms. The summed E-state index contributed by atoms with van der Waals surface area (Å²) >= 11 is 6.30. The third kappa shape index (κ3) is 3.79. The largest absolute Gasteiger partial charge is 0.371 e. The second-order valence-corrected chi connectivity index (χ2v) is 7.65. The SMILES string of the molecule is Cc1ccc(N2CCC(N3CCN(c4cnccn4)CC3)CC2)cc1Cl. The third-order valence-electron chi connectivity index (χ3n) is 5.69. The highest BCUT2D eigenvalue weighted by Gasteiger charge is 2.28. The van der Waals surface area contributed by atoms with Crippen LogP contribution < -0.4 is 9.80 Å². The minimum atomic E-state index is 0.691. The molecule has 0 atom stereocenters. The predicted molar refractivity (Wildman–Crippen MR) is 107 cm³/mol. The van der Waals surface area contributed by atoms with Crippen molar-refractivity contribution >= 4 is 23.1 Å². The highest BCUT2D eigenvalue weighted by molar-refractivity contribution is 6.31. The fraction of sp³-hybridized carbons (Fsp3) is 0.500. The molecule has 2 aliphatic rings. The van der Waals surface area contributed by atoms with Crippen LogP contribution in [0.1, 0.15) is 18.4 Å². The van der Waals surface area contributed by atoms with Gasteiger partial charge in [0.05, 0.1) is 6.20 Å². The minimum absolute atomic E-state index is 0.691. The number of piperazine rings is 1. The maximum atomic E-state index is 6.30. The molecule has 0 bridgehead atoms. The molecular weight excluding hydrogens is 346 g/mol. The zero-order valence-electron chi connectivity index (χ0n) is 15.3. The van der Waals surface area contributed by atoms with Gasteiger partial charge in [0, 0.05) is 68.4 Å². The van der Waals surface area contributed by atoms with Crippen LogP contribution in [-0.2, 0) is 0 Å². The number of rotatable bonds is 3. The topological polar surface area (TPSA) is 35.5 Å². The molecule has 3 heterocycles. The first-order valence-electron chi connectivity index (χ1n) is 9.47. The molecule has 1 aromatic carbocycles. The van der Waals surface area contributed by atoms with Crippen molar-refractivity contribution in [2.75, 3.05) is 49.1 Å². The van der Waals surface area contributed by atoms with Crippen LogP contribution >= 0.6 is 11.6 Å². The lowest BCUT2D eigenvalue weighted by Gasteiger charge is -2.43. The quantitative estimate of drug-likeness (QED) is 0.827. The van der Waals surface area contributed by atoms with Gasteiger partial charge >= 0.3 is 0 Å². The second kappa shape index (κ2) is 7.80. The van der Waals surface area contributed by atoms with Crippen molar-refractivity contribution < 1.29 is 0 Å². The van der Waals surface area contributed by atoms with Crippen molar-refractivity contribution in [3.63, 3.8) is 0 Å². The van der Waals surface area contributed by atoms with E-state index >= 15 is 0 Å². The van der Waals surface area contributed by atoms with Gasteiger partial charge in [-0.3, -0.25) is 9.88 Å². The van der Waals surface area contributed by atoms with Gasteiger partial charge in [-0.2, -0.15) is 0 Å². The van der Waals surface area contributed by atoms with E-state index in [9.17, 15) is 0 Å². The molecule has 4 rings (SSSR count). The van der Waals surface area contributed by atoms with E-state index < -0.39 is 0 Å². The van der Waals surface area contributed by atoms with Crippen molar-refractivity contribution in [1.29, 1.82) is 0 Å². The van der Waals surface area contributed by atoms with Gasteiger partial charge in [-0.25, -0.2) is 4.98 Å². The van der Waals surface area contributed by atoms with Crippen LogP contribution in [0, 0.1) is 6.92 Å². The third-order valence-corrected chi connectivity index (χ3v) is 6.10. The fourth-order valence-corrected chi connectivity index (χ4v) is 4.21. The Labute approximate surface area is 160 Å². The average Bonchev–Trinajstić information content (AvgIpc) is 2.71. The van der Waals surface area contributed by atoms with E-state index in [2.05, 4.69) is 49.8 Å². The highest BCUT2D eigenvalue weighted by atomic mass is 35.5. The monoisotopic (exact) mass is 371 g/mol. The van der Waals surface area contributed by atoms with E-state index in [1.54, 1.807) is 12.4 Å². The number of benzene rings is 1. The van der Waals surface area contributed by atoms with E-state index in [0.29, 0.717) is 6.04 Å². The van der Waals surface area contributed by atoms with E-state index in [0.717, 1.165) is 55.7 Å². The Morgan fingerprint density at radius 3 is 2.38 bits per heavy atom. The molecule has 5 nitrogen and oxygen atoms in total. The maximum absolute atomic E-state index is 6.30. The molecule has 2 saturated heterocycles. The molecule has 138 valence electrons. The first-order valence-corrected chi connectivity index (χ1v) is 9.84. The number of aromatic nitrogens is 2. The molecule has 2 fully saturated rings. The summed E-state index contributed by atoms with van der Waals surface area (Å²) in [5.41, 5.74) is 2.40. The molecule has 2 aromatic rings. The molecule has 0 amide bonds. The fourth-order valence-electron chi connectivity index (χ4n) is 4.04. The highest BCUT2D eigenvalue weighted by Crippen LogP contribution is 2.27. The van der Waals surface area contributed by atoms with Gasteiger partial charge in [0.25, 0.3) is 0 Å². The van der Waals surface area contributed by atoms with Crippen LogP contribution in [0.25, 0.3) is 0 Å². The zero-order chi connectivity index (χ0) is 17.9. The number of hydrogen-bond donors (Lipinski definition) is 0. The Hall–Kier alpha value is -1.85. The van der Waals surface area contributed by atoms with E-state index in [1.807, 2.05) is 6.20 Å². The molecule has 0 aliphatic carbocycles. The summed E-state index contributed by atoms with van der Waals surface area (Å²) in [6, 6.07) is 7.12. The average molecular weight is 372 g/mol. The Morgan fingerprint density at radius 1 is 0.962 bits per heavy atom. The van der Waals surface area contributed by atoms with Crippen LogP contribution in [-0.4, -0.2) is 60.2 Å². The van der Waals surface area contributed by atoms with Crippen molar-refractivity contribution in [3.05, 3.63) is 47.4 Å². The Bertz CT molecular complexity index is 722. The standard InChI is InChI=1S/C20H26ClN5/c1-16-2-3-18(14-19(16)21)24-8-4-17(5-9-24)25-10-12-26(13-11-25)20-15-22-6-7-23-20/h2-3,6-7,14-15,17H,4-5,8-13H2,1H3. The minimum Gasteiger partial charge on any atom is -0.371 e. The molecule has 0 N–H and O–H groups in total. The second-order valence-electron chi connectivity index (χ2n) is 7.24. The molecule has 2 aliphatic heterocycles. The molecule has 1 aromatic heterocycles. The number of aryl methyl sites for hydroxylation is 1. The Kier molecular flexibility index (Phi) is 5.27. The molecule has 0 radical (unpaired) electrons. The van der Waals surface area contributed by atoms with Gasteiger partial charge in [-0.1, -0.05) is 17.7 Å². The van der Waals surface area contributed by atoms with Crippen LogP contribution in [0.2, 0.25) is 5.02 Å². The smallest absolute Gasteiger partial charge is 0.147 e. The lowest BCUT2D eigenvalue weighted by Crippen LogP contribution is -2.53. The number of anilines is 2. The first-order chi connectivity index (χ1) is 12.7. The molecule has 0 unspecified atom stereocenters.